The molecule has 144 valence electrons. The molecule has 3 rings (SSSR count). The van der Waals surface area contributed by atoms with Gasteiger partial charge in [0.15, 0.2) is 5.69 Å². The first kappa shape index (κ1) is 18.9. The first-order chi connectivity index (χ1) is 13.0. The average molecular weight is 370 g/mol. The summed E-state index contributed by atoms with van der Waals surface area (Å²) in [5.41, 5.74) is 1.46. The van der Waals surface area contributed by atoms with Crippen LogP contribution in [-0.2, 0) is 11.3 Å². The van der Waals surface area contributed by atoms with E-state index >= 15 is 0 Å². The fraction of sp³-hybridized carbons (Fsp3) is 0.474. The molecule has 0 aliphatic carbocycles. The second-order valence-corrected chi connectivity index (χ2v) is 6.93. The lowest BCUT2D eigenvalue weighted by atomic mass is 10.1. The highest BCUT2D eigenvalue weighted by Gasteiger charge is 2.31. The first-order valence-corrected chi connectivity index (χ1v) is 9.20. The summed E-state index contributed by atoms with van der Waals surface area (Å²) in [7, 11) is 3.37. The van der Waals surface area contributed by atoms with Crippen molar-refractivity contribution >= 4 is 17.5 Å². The Bertz CT molecular complexity index is 789. The molecule has 8 nitrogen and oxygen atoms in total. The van der Waals surface area contributed by atoms with E-state index in [1.165, 1.54) is 15.3 Å². The van der Waals surface area contributed by atoms with Gasteiger partial charge in [-0.15, -0.1) is 5.10 Å². The molecule has 1 saturated heterocycles. The van der Waals surface area contributed by atoms with Crippen LogP contribution in [0, 0.1) is 0 Å². The van der Waals surface area contributed by atoms with Crippen LogP contribution < -0.4 is 4.90 Å². The number of nitrogens with zero attached hydrogens (tertiary/aromatic N) is 6. The van der Waals surface area contributed by atoms with Crippen molar-refractivity contribution < 1.29 is 9.59 Å². The van der Waals surface area contributed by atoms with Crippen molar-refractivity contribution in [3.05, 3.63) is 42.2 Å². The van der Waals surface area contributed by atoms with Crippen LogP contribution in [0.5, 0.6) is 0 Å². The van der Waals surface area contributed by atoms with Crippen LogP contribution in [0.2, 0.25) is 0 Å². The van der Waals surface area contributed by atoms with E-state index in [1.54, 1.807) is 20.3 Å². The third kappa shape index (κ3) is 4.27. The average Bonchev–Trinajstić information content (AvgIpc) is 3.16. The van der Waals surface area contributed by atoms with Crippen LogP contribution in [0.25, 0.3) is 0 Å². The predicted molar refractivity (Wildman–Crippen MR) is 102 cm³/mol. The molecule has 1 aromatic heterocycles. The van der Waals surface area contributed by atoms with E-state index in [9.17, 15) is 9.59 Å². The molecule has 2 amide bonds. The summed E-state index contributed by atoms with van der Waals surface area (Å²) in [5.74, 6) is -0.222. The van der Waals surface area contributed by atoms with Crippen molar-refractivity contribution in [1.82, 2.24) is 24.8 Å². The lowest BCUT2D eigenvalue weighted by molar-refractivity contribution is -0.129. The zero-order valence-electron chi connectivity index (χ0n) is 16.1. The molecule has 1 aromatic carbocycles. The van der Waals surface area contributed by atoms with Gasteiger partial charge in [-0.05, 0) is 18.6 Å². The Hall–Kier alpha value is -2.90. The van der Waals surface area contributed by atoms with Crippen LogP contribution in [0.3, 0.4) is 0 Å². The maximum atomic E-state index is 12.9. The predicted octanol–water partition coefficient (Wildman–Crippen LogP) is 1.11. The van der Waals surface area contributed by atoms with E-state index in [0.29, 0.717) is 6.54 Å². The zero-order valence-corrected chi connectivity index (χ0v) is 16.1. The molecule has 8 heteroatoms. The number of benzene rings is 1. The normalized spacial score (nSPS) is 17.1. The summed E-state index contributed by atoms with van der Waals surface area (Å²) < 4.78 is 1.41. The minimum Gasteiger partial charge on any atom is -0.368 e. The van der Waals surface area contributed by atoms with Gasteiger partial charge in [-0.2, -0.15) is 0 Å². The fourth-order valence-corrected chi connectivity index (χ4v) is 3.25. The molecule has 1 fully saturated rings. The Morgan fingerprint density at radius 2 is 1.93 bits per heavy atom. The largest absolute Gasteiger partial charge is 0.368 e. The molecule has 27 heavy (non-hydrogen) atoms. The van der Waals surface area contributed by atoms with E-state index in [4.69, 9.17) is 0 Å². The Kier molecular flexibility index (Phi) is 5.73. The van der Waals surface area contributed by atoms with Gasteiger partial charge in [-0.25, -0.2) is 4.68 Å². The Labute approximate surface area is 159 Å². The zero-order chi connectivity index (χ0) is 19.4. The molecule has 0 N–H and O–H groups in total. The quantitative estimate of drug-likeness (QED) is 0.788. The molecule has 1 atom stereocenters. The molecule has 0 spiro atoms. The maximum absolute atomic E-state index is 12.9. The number of aromatic nitrogens is 3. The van der Waals surface area contributed by atoms with E-state index in [1.807, 2.05) is 23.1 Å². The smallest absolute Gasteiger partial charge is 0.276 e. The molecule has 0 bridgehead atoms. The van der Waals surface area contributed by atoms with Crippen LogP contribution >= 0.6 is 0 Å². The van der Waals surface area contributed by atoms with Crippen molar-refractivity contribution in [3.63, 3.8) is 0 Å². The Balaban J connectivity index is 1.68. The number of para-hydroxylation sites is 1. The molecular formula is C19H26N6O2. The van der Waals surface area contributed by atoms with Crippen molar-refractivity contribution in [2.45, 2.75) is 25.9 Å². The maximum Gasteiger partial charge on any atom is 0.276 e. The number of rotatable bonds is 5. The highest BCUT2D eigenvalue weighted by Crippen LogP contribution is 2.21. The SMILES string of the molecule is CCC1CN(c2ccccc2)CCN1C(=O)c1cn(CC(=O)N(C)C)nn1. The minimum absolute atomic E-state index is 0.0757. The van der Waals surface area contributed by atoms with Crippen molar-refractivity contribution in [1.29, 1.82) is 0 Å². The number of hydrogen-bond acceptors (Lipinski definition) is 5. The van der Waals surface area contributed by atoms with Crippen LogP contribution in [0.4, 0.5) is 5.69 Å². The fourth-order valence-electron chi connectivity index (χ4n) is 3.25. The number of carbonyl (C=O) groups is 2. The van der Waals surface area contributed by atoms with Crippen LogP contribution in [-0.4, -0.2) is 76.4 Å². The summed E-state index contributed by atoms with van der Waals surface area (Å²) in [6.45, 7) is 4.37. The molecular weight excluding hydrogens is 344 g/mol. The Morgan fingerprint density at radius 1 is 1.19 bits per heavy atom. The van der Waals surface area contributed by atoms with Gasteiger partial charge in [0.05, 0.1) is 6.20 Å². The lowest BCUT2D eigenvalue weighted by Gasteiger charge is -2.42. The number of piperazine rings is 1. The number of carbonyl (C=O) groups excluding carboxylic acids is 2. The highest BCUT2D eigenvalue weighted by molar-refractivity contribution is 5.92. The molecule has 0 saturated carbocycles. The second-order valence-electron chi connectivity index (χ2n) is 6.93. The van der Waals surface area contributed by atoms with Crippen LogP contribution in [0.15, 0.2) is 36.5 Å². The lowest BCUT2D eigenvalue weighted by Crippen LogP contribution is -2.55. The molecule has 1 unspecified atom stereocenters. The third-order valence-corrected chi connectivity index (χ3v) is 4.89. The highest BCUT2D eigenvalue weighted by atomic mass is 16.2. The van der Waals surface area contributed by atoms with Gasteiger partial charge < -0.3 is 14.7 Å². The van der Waals surface area contributed by atoms with Crippen molar-refractivity contribution in [3.8, 4) is 0 Å². The van der Waals surface area contributed by atoms with E-state index < -0.39 is 0 Å². The summed E-state index contributed by atoms with van der Waals surface area (Å²) in [4.78, 5) is 30.4. The molecule has 1 aliphatic rings. The van der Waals surface area contributed by atoms with Gasteiger partial charge in [0.2, 0.25) is 5.91 Å². The summed E-state index contributed by atoms with van der Waals surface area (Å²) >= 11 is 0. The van der Waals surface area contributed by atoms with E-state index in [0.717, 1.165) is 19.5 Å². The summed E-state index contributed by atoms with van der Waals surface area (Å²) in [6, 6.07) is 10.4. The second kappa shape index (κ2) is 8.20. The third-order valence-electron chi connectivity index (χ3n) is 4.89. The number of hydrogen-bond donors (Lipinski definition) is 0. The van der Waals surface area contributed by atoms with Crippen LogP contribution in [0.1, 0.15) is 23.8 Å². The van der Waals surface area contributed by atoms with Gasteiger partial charge >= 0.3 is 0 Å². The molecule has 1 aliphatic heterocycles. The Morgan fingerprint density at radius 3 is 2.59 bits per heavy atom. The van der Waals surface area contributed by atoms with Gasteiger partial charge in [-0.3, -0.25) is 9.59 Å². The van der Waals surface area contributed by atoms with Crippen molar-refractivity contribution in [2.75, 3.05) is 38.6 Å². The summed E-state index contributed by atoms with van der Waals surface area (Å²) in [6.07, 6.45) is 2.42. The molecule has 2 aromatic rings. The number of likely N-dealkylation sites (N-methyl/N-ethyl adjacent to an activating group) is 1. The molecule has 0 radical (unpaired) electrons. The summed E-state index contributed by atoms with van der Waals surface area (Å²) in [5, 5.41) is 7.92. The number of amides is 2. The van der Waals surface area contributed by atoms with Gasteiger partial charge in [0.25, 0.3) is 5.91 Å². The number of anilines is 1. The first-order valence-electron chi connectivity index (χ1n) is 9.20. The topological polar surface area (TPSA) is 74.6 Å². The standard InChI is InChI=1S/C19H26N6O2/c1-4-15-12-23(16-8-6-5-7-9-16)10-11-25(15)19(27)17-13-24(21-20-17)14-18(26)22(2)3/h5-9,13,15H,4,10-12,14H2,1-3H3. The minimum atomic E-state index is -0.127. The van der Waals surface area contributed by atoms with E-state index in [-0.39, 0.29) is 30.1 Å². The van der Waals surface area contributed by atoms with Gasteiger partial charge in [-0.1, -0.05) is 30.3 Å². The van der Waals surface area contributed by atoms with Gasteiger partial charge in [0, 0.05) is 45.5 Å². The molecule has 2 heterocycles. The monoisotopic (exact) mass is 370 g/mol. The van der Waals surface area contributed by atoms with E-state index in [2.05, 4.69) is 34.3 Å². The van der Waals surface area contributed by atoms with Gasteiger partial charge in [0.1, 0.15) is 6.54 Å². The van der Waals surface area contributed by atoms with Crippen molar-refractivity contribution in [2.24, 2.45) is 0 Å².